The van der Waals surface area contributed by atoms with E-state index in [2.05, 4.69) is 0 Å². The molecule has 0 unspecified atom stereocenters. The molecule has 0 atom stereocenters. The van der Waals surface area contributed by atoms with Crippen LogP contribution >= 0.6 is 0 Å². The zero-order valence-electron chi connectivity index (χ0n) is 12.1. The Labute approximate surface area is 181 Å². The van der Waals surface area contributed by atoms with Crippen molar-refractivity contribution in [1.82, 2.24) is 0 Å². The second-order valence-electron chi connectivity index (χ2n) is 2.69. The molecule has 0 rings (SSSR count). The van der Waals surface area contributed by atoms with Gasteiger partial charge in [0.1, 0.15) is 0 Å². The van der Waals surface area contributed by atoms with Crippen molar-refractivity contribution in [3.63, 3.8) is 0 Å². The number of hydrogen-bond donors (Lipinski definition) is 6. The number of aliphatic carboxylic acids is 6. The van der Waals surface area contributed by atoms with Crippen LogP contribution in [0.25, 0.3) is 0 Å². The van der Waals surface area contributed by atoms with Crippen LogP contribution in [-0.4, -0.2) is 126 Å². The minimum atomic E-state index is -1.82. The first-order valence-electron chi connectivity index (χ1n) is 4.82. The van der Waals surface area contributed by atoms with Gasteiger partial charge in [-0.05, 0) is 0 Å². The molecule has 14 heteroatoms. The molecule has 0 aliphatic rings. The van der Waals surface area contributed by atoms with Gasteiger partial charge < -0.3 is 30.6 Å². The fourth-order valence-electron chi connectivity index (χ4n) is 0. The molecule has 0 amide bonds. The monoisotopic (exact) mass is 378 g/mol. The molecule has 0 bridgehead atoms. The first kappa shape index (κ1) is 43.4. The summed E-state index contributed by atoms with van der Waals surface area (Å²) in [5.74, 6) is -6.98. The normalized spacial score (nSPS) is 6.00. The Morgan fingerprint density at radius 3 is 0.458 bits per heavy atom. The number of hydrogen-bond acceptors (Lipinski definition) is 6. The summed E-state index contributed by atoms with van der Waals surface area (Å²) in [6, 6.07) is 0. The molecule has 0 radical (unpaired) electrons. The van der Waals surface area contributed by atoms with Gasteiger partial charge in [-0.15, -0.1) is 0 Å². The fraction of sp³-hybridized carbons (Fsp3) is 0.400. The van der Waals surface area contributed by atoms with Crippen LogP contribution in [0.4, 0.5) is 0 Å². The summed E-state index contributed by atoms with van der Waals surface area (Å²) >= 11 is 0. The third kappa shape index (κ3) is 1030. The maximum absolute atomic E-state index is 9.10. The maximum atomic E-state index is 9.10. The predicted octanol–water partition coefficient (Wildman–Crippen LogP) is -1.78. The van der Waals surface area contributed by atoms with Crippen LogP contribution in [0.3, 0.4) is 0 Å². The van der Waals surface area contributed by atoms with Crippen LogP contribution in [0.5, 0.6) is 0 Å². The molecule has 24 heavy (non-hydrogen) atoms. The first-order chi connectivity index (χ1) is 9.57. The molecule has 0 aliphatic carbocycles. The van der Waals surface area contributed by atoms with Crippen molar-refractivity contribution >= 4 is 94.9 Å². The Morgan fingerprint density at radius 2 is 0.458 bits per heavy atom. The molecule has 0 fully saturated rings. The van der Waals surface area contributed by atoms with E-state index >= 15 is 0 Å². The van der Waals surface area contributed by atoms with Crippen molar-refractivity contribution in [2.24, 2.45) is 0 Å². The standard InChI is InChI=1S/C2H2O4.4C2H4O2.2Na.2H/c3-1(4)2(5)6;4*1-2(3)4;;;;/h(H,3,4)(H,5,6);4*1H3,(H,3,4);;;;. The molecule has 0 aromatic heterocycles. The van der Waals surface area contributed by atoms with E-state index in [9.17, 15) is 0 Å². The third-order valence-corrected chi connectivity index (χ3v) is 0.183. The zero-order valence-corrected chi connectivity index (χ0v) is 12.1. The predicted molar refractivity (Wildman–Crippen MR) is 82.8 cm³/mol. The second kappa shape index (κ2) is 33.4. The van der Waals surface area contributed by atoms with Gasteiger partial charge in [-0.3, -0.25) is 19.2 Å². The van der Waals surface area contributed by atoms with Gasteiger partial charge in [0, 0.05) is 27.7 Å². The molecule has 0 aromatic carbocycles. The van der Waals surface area contributed by atoms with Crippen molar-refractivity contribution in [2.45, 2.75) is 27.7 Å². The average Bonchev–Trinajstić information content (AvgIpc) is 2.12. The van der Waals surface area contributed by atoms with Crippen molar-refractivity contribution in [1.29, 1.82) is 0 Å². The van der Waals surface area contributed by atoms with E-state index in [1.165, 1.54) is 0 Å². The summed E-state index contributed by atoms with van der Waals surface area (Å²) in [4.78, 5) is 54.2. The molecule has 0 aliphatic heterocycles. The molecule has 0 saturated heterocycles. The van der Waals surface area contributed by atoms with Gasteiger partial charge in [-0.2, -0.15) is 0 Å². The average molecular weight is 378 g/mol. The molecule has 0 aromatic rings. The fourth-order valence-corrected chi connectivity index (χ4v) is 0. The number of carbonyl (C=O) groups is 6. The number of rotatable bonds is 0. The van der Waals surface area contributed by atoms with Crippen molar-refractivity contribution in [3.05, 3.63) is 0 Å². The molecular formula is C10H20Na2O12. The third-order valence-electron chi connectivity index (χ3n) is 0.183. The van der Waals surface area contributed by atoms with Gasteiger partial charge >= 0.3 is 71.1 Å². The zero-order chi connectivity index (χ0) is 19.5. The number of carboxylic acid groups (broad SMARTS) is 6. The summed E-state index contributed by atoms with van der Waals surface area (Å²) in [7, 11) is 0. The molecule has 0 spiro atoms. The van der Waals surface area contributed by atoms with Gasteiger partial charge in [-0.1, -0.05) is 0 Å². The summed E-state index contributed by atoms with van der Waals surface area (Å²) in [6.07, 6.45) is 0. The number of carboxylic acids is 6. The van der Waals surface area contributed by atoms with Crippen LogP contribution in [0.1, 0.15) is 27.7 Å². The molecular weight excluding hydrogens is 358 g/mol. The van der Waals surface area contributed by atoms with E-state index in [1.807, 2.05) is 0 Å². The molecule has 134 valence electrons. The van der Waals surface area contributed by atoms with Crippen LogP contribution in [0.2, 0.25) is 0 Å². The van der Waals surface area contributed by atoms with E-state index in [0.29, 0.717) is 0 Å². The Bertz CT molecular complexity index is 304. The van der Waals surface area contributed by atoms with Crippen molar-refractivity contribution in [3.8, 4) is 0 Å². The van der Waals surface area contributed by atoms with E-state index in [0.717, 1.165) is 27.7 Å². The summed E-state index contributed by atoms with van der Waals surface area (Å²) in [6.45, 7) is 4.33. The van der Waals surface area contributed by atoms with Gasteiger partial charge in [-0.25, -0.2) is 9.59 Å². The minimum absolute atomic E-state index is 0. The quantitative estimate of drug-likeness (QED) is 0.203. The molecule has 6 N–H and O–H groups in total. The van der Waals surface area contributed by atoms with Gasteiger partial charge in [0.05, 0.1) is 0 Å². The Morgan fingerprint density at radius 1 is 0.417 bits per heavy atom. The summed E-state index contributed by atoms with van der Waals surface area (Å²) in [5, 5.41) is 44.4. The summed E-state index contributed by atoms with van der Waals surface area (Å²) < 4.78 is 0. The van der Waals surface area contributed by atoms with Gasteiger partial charge in [0.2, 0.25) is 0 Å². The summed E-state index contributed by atoms with van der Waals surface area (Å²) in [5.41, 5.74) is 0. The van der Waals surface area contributed by atoms with Gasteiger partial charge in [0.15, 0.2) is 0 Å². The molecule has 0 saturated carbocycles. The Hall–Kier alpha value is -1.18. The van der Waals surface area contributed by atoms with Crippen LogP contribution < -0.4 is 0 Å². The Kier molecular flexibility index (Phi) is 60.5. The van der Waals surface area contributed by atoms with E-state index in [-0.39, 0.29) is 59.1 Å². The SMILES string of the molecule is CC(=O)O.CC(=O)O.CC(=O)O.CC(=O)O.O=C(O)C(=O)O.[NaH].[NaH]. The topological polar surface area (TPSA) is 224 Å². The molecule has 0 heterocycles. The van der Waals surface area contributed by atoms with Crippen LogP contribution in [0.15, 0.2) is 0 Å². The first-order valence-corrected chi connectivity index (χ1v) is 4.82. The van der Waals surface area contributed by atoms with Crippen molar-refractivity contribution in [2.75, 3.05) is 0 Å². The second-order valence-corrected chi connectivity index (χ2v) is 2.69. The molecule has 12 nitrogen and oxygen atoms in total. The van der Waals surface area contributed by atoms with Crippen LogP contribution in [-0.2, 0) is 28.8 Å². The van der Waals surface area contributed by atoms with E-state index in [1.54, 1.807) is 0 Å². The Balaban J connectivity index is -0.0000000298. The van der Waals surface area contributed by atoms with Gasteiger partial charge in [0.25, 0.3) is 23.9 Å². The van der Waals surface area contributed by atoms with E-state index in [4.69, 9.17) is 59.4 Å². The van der Waals surface area contributed by atoms with Crippen LogP contribution in [0, 0.1) is 0 Å². The van der Waals surface area contributed by atoms with Crippen molar-refractivity contribution < 1.29 is 59.4 Å². The van der Waals surface area contributed by atoms with E-state index < -0.39 is 35.8 Å².